The van der Waals surface area contributed by atoms with Crippen LogP contribution in [0.1, 0.15) is 53.2 Å². The Hall–Kier alpha value is -1.40. The van der Waals surface area contributed by atoms with E-state index >= 15 is 0 Å². The second kappa shape index (κ2) is 7.01. The predicted molar refractivity (Wildman–Crippen MR) is 87.4 cm³/mol. The number of ether oxygens (including phenoxy) is 2. The number of hydrogen-bond acceptors (Lipinski definition) is 5. The molecule has 2 rings (SSSR count). The predicted octanol–water partition coefficient (Wildman–Crippen LogP) is 3.13. The molecule has 130 valence electrons. The molecule has 6 heteroatoms. The molecular formula is C17H28N2O4. The van der Waals surface area contributed by atoms with Crippen molar-refractivity contribution in [1.82, 2.24) is 5.16 Å². The smallest absolute Gasteiger partial charge is 0.258 e. The Labute approximate surface area is 137 Å². The SMILES string of the molecule is CC(C)(OCC1CCOCC1)C(=O)Nc1cc(C(C)(C)C)no1. The van der Waals surface area contributed by atoms with Gasteiger partial charge in [0.1, 0.15) is 5.60 Å². The fraction of sp³-hybridized carbons (Fsp3) is 0.765. The summed E-state index contributed by atoms with van der Waals surface area (Å²) in [6.07, 6.45) is 1.96. The third-order valence-corrected chi connectivity index (χ3v) is 4.08. The summed E-state index contributed by atoms with van der Waals surface area (Å²) in [4.78, 5) is 12.4. The van der Waals surface area contributed by atoms with Gasteiger partial charge in [0.15, 0.2) is 0 Å². The van der Waals surface area contributed by atoms with E-state index in [9.17, 15) is 4.79 Å². The van der Waals surface area contributed by atoms with Crippen LogP contribution in [0.5, 0.6) is 0 Å². The number of nitrogens with one attached hydrogen (secondary N) is 1. The standard InChI is InChI=1S/C17H28N2O4/c1-16(2,3)13-10-14(23-19-13)18-15(20)17(4,5)22-11-12-6-8-21-9-7-12/h10,12H,6-9,11H2,1-5H3,(H,18,20). The van der Waals surface area contributed by atoms with Crippen LogP contribution in [0.4, 0.5) is 5.88 Å². The Morgan fingerprint density at radius 3 is 2.52 bits per heavy atom. The van der Waals surface area contributed by atoms with E-state index in [1.54, 1.807) is 19.9 Å². The molecule has 0 aromatic carbocycles. The van der Waals surface area contributed by atoms with Crippen LogP contribution in [-0.4, -0.2) is 36.5 Å². The first kappa shape index (κ1) is 17.9. The van der Waals surface area contributed by atoms with Gasteiger partial charge in [-0.2, -0.15) is 0 Å². The Morgan fingerprint density at radius 1 is 1.30 bits per heavy atom. The fourth-order valence-electron chi connectivity index (χ4n) is 2.25. The molecule has 1 saturated heterocycles. The van der Waals surface area contributed by atoms with E-state index in [-0.39, 0.29) is 11.3 Å². The normalized spacial score (nSPS) is 17.3. The maximum atomic E-state index is 12.4. The minimum absolute atomic E-state index is 0.123. The van der Waals surface area contributed by atoms with Crippen LogP contribution >= 0.6 is 0 Å². The summed E-state index contributed by atoms with van der Waals surface area (Å²) in [7, 11) is 0. The van der Waals surface area contributed by atoms with Crippen molar-refractivity contribution < 1.29 is 18.8 Å². The highest BCUT2D eigenvalue weighted by Gasteiger charge is 2.31. The number of amides is 1. The first-order valence-corrected chi connectivity index (χ1v) is 8.19. The molecule has 0 unspecified atom stereocenters. The molecule has 1 amide bonds. The van der Waals surface area contributed by atoms with Crippen LogP contribution in [0.3, 0.4) is 0 Å². The number of carbonyl (C=O) groups is 1. The van der Waals surface area contributed by atoms with Crippen LogP contribution in [0.2, 0.25) is 0 Å². The van der Waals surface area contributed by atoms with Gasteiger partial charge in [0.25, 0.3) is 5.91 Å². The summed E-state index contributed by atoms with van der Waals surface area (Å²) < 4.78 is 16.4. The Balaban J connectivity index is 1.88. The van der Waals surface area contributed by atoms with Gasteiger partial charge in [-0.15, -0.1) is 0 Å². The Bertz CT molecular complexity index is 525. The summed E-state index contributed by atoms with van der Waals surface area (Å²) in [5.41, 5.74) is -0.247. The molecule has 2 heterocycles. The second-order valence-corrected chi connectivity index (χ2v) is 7.66. The van der Waals surface area contributed by atoms with Crippen molar-refractivity contribution in [3.05, 3.63) is 11.8 Å². The van der Waals surface area contributed by atoms with E-state index in [2.05, 4.69) is 10.5 Å². The van der Waals surface area contributed by atoms with Crippen molar-refractivity contribution in [3.8, 4) is 0 Å². The van der Waals surface area contributed by atoms with Crippen LogP contribution in [0.15, 0.2) is 10.6 Å². The van der Waals surface area contributed by atoms with Crippen LogP contribution in [0.25, 0.3) is 0 Å². The highest BCUT2D eigenvalue weighted by atomic mass is 16.5. The van der Waals surface area contributed by atoms with Crippen LogP contribution < -0.4 is 5.32 Å². The van der Waals surface area contributed by atoms with Crippen molar-refractivity contribution >= 4 is 11.8 Å². The molecule has 0 spiro atoms. The van der Waals surface area contributed by atoms with Crippen molar-refractivity contribution in [2.75, 3.05) is 25.1 Å². The van der Waals surface area contributed by atoms with Gasteiger partial charge in [-0.1, -0.05) is 25.9 Å². The lowest BCUT2D eigenvalue weighted by molar-refractivity contribution is -0.140. The van der Waals surface area contributed by atoms with Crippen LogP contribution in [0, 0.1) is 5.92 Å². The highest BCUT2D eigenvalue weighted by molar-refractivity contribution is 5.95. The molecule has 0 bridgehead atoms. The third-order valence-electron chi connectivity index (χ3n) is 4.08. The zero-order valence-corrected chi connectivity index (χ0v) is 14.8. The van der Waals surface area contributed by atoms with Gasteiger partial charge in [-0.3, -0.25) is 10.1 Å². The third kappa shape index (κ3) is 5.04. The Kier molecular flexibility index (Phi) is 5.47. The van der Waals surface area contributed by atoms with E-state index in [1.807, 2.05) is 20.8 Å². The molecule has 1 fully saturated rings. The first-order chi connectivity index (χ1) is 10.7. The largest absolute Gasteiger partial charge is 0.381 e. The number of nitrogens with zero attached hydrogens (tertiary/aromatic N) is 1. The van der Waals surface area contributed by atoms with Gasteiger partial charge in [0, 0.05) is 24.7 Å². The van der Waals surface area contributed by atoms with E-state index in [0.717, 1.165) is 31.7 Å². The molecule has 1 aromatic heterocycles. The second-order valence-electron chi connectivity index (χ2n) is 7.66. The molecule has 1 aliphatic heterocycles. The molecule has 1 aromatic rings. The maximum absolute atomic E-state index is 12.4. The summed E-state index contributed by atoms with van der Waals surface area (Å²) in [6, 6.07) is 1.76. The fourth-order valence-corrected chi connectivity index (χ4v) is 2.25. The van der Waals surface area contributed by atoms with E-state index in [4.69, 9.17) is 14.0 Å². The van der Waals surface area contributed by atoms with E-state index < -0.39 is 5.60 Å². The lowest BCUT2D eigenvalue weighted by Crippen LogP contribution is -2.41. The van der Waals surface area contributed by atoms with Gasteiger partial charge in [0.2, 0.25) is 5.88 Å². The topological polar surface area (TPSA) is 73.6 Å². The average Bonchev–Trinajstić information content (AvgIpc) is 2.95. The van der Waals surface area contributed by atoms with E-state index in [1.165, 1.54) is 0 Å². The molecule has 0 radical (unpaired) electrons. The van der Waals surface area contributed by atoms with Gasteiger partial charge < -0.3 is 14.0 Å². The zero-order valence-electron chi connectivity index (χ0n) is 14.8. The average molecular weight is 324 g/mol. The summed E-state index contributed by atoms with van der Waals surface area (Å²) >= 11 is 0. The van der Waals surface area contributed by atoms with Crippen molar-refractivity contribution in [2.45, 2.75) is 58.5 Å². The number of anilines is 1. The zero-order chi connectivity index (χ0) is 17.1. The molecule has 0 aliphatic carbocycles. The molecule has 6 nitrogen and oxygen atoms in total. The van der Waals surface area contributed by atoms with Gasteiger partial charge in [-0.25, -0.2) is 0 Å². The van der Waals surface area contributed by atoms with Gasteiger partial charge in [0.05, 0.1) is 12.3 Å². The molecule has 23 heavy (non-hydrogen) atoms. The maximum Gasteiger partial charge on any atom is 0.258 e. The molecular weight excluding hydrogens is 296 g/mol. The van der Waals surface area contributed by atoms with Crippen LogP contribution in [-0.2, 0) is 19.7 Å². The number of hydrogen-bond donors (Lipinski definition) is 1. The molecule has 0 saturated carbocycles. The summed E-state index contributed by atoms with van der Waals surface area (Å²) in [5, 5.41) is 6.74. The summed E-state index contributed by atoms with van der Waals surface area (Å²) in [5.74, 6) is 0.567. The molecule has 1 aliphatic rings. The minimum atomic E-state index is -0.924. The number of aromatic nitrogens is 1. The quantitative estimate of drug-likeness (QED) is 0.901. The molecule has 0 atom stereocenters. The molecule has 1 N–H and O–H groups in total. The Morgan fingerprint density at radius 2 is 1.96 bits per heavy atom. The van der Waals surface area contributed by atoms with E-state index in [0.29, 0.717) is 18.4 Å². The van der Waals surface area contributed by atoms with Gasteiger partial charge in [-0.05, 0) is 32.6 Å². The lowest BCUT2D eigenvalue weighted by Gasteiger charge is -2.28. The number of rotatable bonds is 5. The van der Waals surface area contributed by atoms with Gasteiger partial charge >= 0.3 is 0 Å². The monoisotopic (exact) mass is 324 g/mol. The number of carbonyl (C=O) groups excluding carboxylic acids is 1. The van der Waals surface area contributed by atoms with Crippen molar-refractivity contribution in [2.24, 2.45) is 5.92 Å². The summed E-state index contributed by atoms with van der Waals surface area (Å²) in [6.45, 7) is 11.8. The first-order valence-electron chi connectivity index (χ1n) is 8.19. The highest BCUT2D eigenvalue weighted by Crippen LogP contribution is 2.25. The van der Waals surface area contributed by atoms with Crippen molar-refractivity contribution in [1.29, 1.82) is 0 Å². The minimum Gasteiger partial charge on any atom is -0.381 e. The van der Waals surface area contributed by atoms with Crippen molar-refractivity contribution in [3.63, 3.8) is 0 Å². The lowest BCUT2D eigenvalue weighted by atomic mass is 9.92.